The topological polar surface area (TPSA) is 61.6 Å². The van der Waals surface area contributed by atoms with Crippen molar-refractivity contribution in [1.29, 1.82) is 0 Å². The molecule has 0 radical (unpaired) electrons. The van der Waals surface area contributed by atoms with Crippen molar-refractivity contribution in [3.05, 3.63) is 75.3 Å². The summed E-state index contributed by atoms with van der Waals surface area (Å²) >= 11 is 0. The lowest BCUT2D eigenvalue weighted by molar-refractivity contribution is -0.384. The van der Waals surface area contributed by atoms with E-state index in [4.69, 9.17) is 9.47 Å². The summed E-state index contributed by atoms with van der Waals surface area (Å²) < 4.78 is 11.8. The monoisotopic (exact) mass is 297 g/mol. The zero-order chi connectivity index (χ0) is 15.7. The molecule has 0 aliphatic carbocycles. The fourth-order valence-electron chi connectivity index (χ4n) is 2.68. The van der Waals surface area contributed by atoms with Crippen molar-refractivity contribution in [2.75, 3.05) is 7.11 Å². The molecule has 0 saturated heterocycles. The van der Waals surface area contributed by atoms with Gasteiger partial charge in [-0.3, -0.25) is 10.1 Å². The average Bonchev–Trinajstić information content (AvgIpc) is 2.54. The lowest BCUT2D eigenvalue weighted by Crippen LogP contribution is -2.38. The smallest absolute Gasteiger partial charge is 0.270 e. The summed E-state index contributed by atoms with van der Waals surface area (Å²) in [4.78, 5) is 10.5. The Morgan fingerprint density at radius 3 is 2.55 bits per heavy atom. The van der Waals surface area contributed by atoms with E-state index in [0.29, 0.717) is 11.3 Å². The van der Waals surface area contributed by atoms with Crippen LogP contribution in [0.1, 0.15) is 18.1 Å². The highest BCUT2D eigenvalue weighted by atomic mass is 16.7. The van der Waals surface area contributed by atoms with Crippen LogP contribution < -0.4 is 4.74 Å². The van der Waals surface area contributed by atoms with Gasteiger partial charge in [0.2, 0.25) is 0 Å². The van der Waals surface area contributed by atoms with E-state index in [1.807, 2.05) is 43.3 Å². The molecule has 0 aromatic heterocycles. The Labute approximate surface area is 127 Å². The quantitative estimate of drug-likeness (QED) is 0.637. The molecule has 0 bridgehead atoms. The summed E-state index contributed by atoms with van der Waals surface area (Å²) in [6, 6.07) is 14.1. The van der Waals surface area contributed by atoms with E-state index in [1.54, 1.807) is 13.2 Å². The summed E-state index contributed by atoms with van der Waals surface area (Å²) in [6.07, 6.45) is 1.86. The van der Waals surface area contributed by atoms with Gasteiger partial charge in [0, 0.05) is 35.9 Å². The van der Waals surface area contributed by atoms with Crippen molar-refractivity contribution in [2.24, 2.45) is 0 Å². The van der Waals surface area contributed by atoms with Crippen LogP contribution in [0.4, 0.5) is 5.69 Å². The van der Waals surface area contributed by atoms with Crippen LogP contribution in [0.3, 0.4) is 0 Å². The largest absolute Gasteiger partial charge is 0.453 e. The Morgan fingerprint density at radius 1 is 1.18 bits per heavy atom. The fraction of sp³-hybridized carbons (Fsp3) is 0.176. The van der Waals surface area contributed by atoms with Gasteiger partial charge in [0.1, 0.15) is 5.75 Å². The van der Waals surface area contributed by atoms with Gasteiger partial charge >= 0.3 is 0 Å². The van der Waals surface area contributed by atoms with E-state index >= 15 is 0 Å². The van der Waals surface area contributed by atoms with Crippen LogP contribution >= 0.6 is 0 Å². The molecule has 1 aliphatic rings. The number of nitro benzene ring substituents is 1. The molecule has 5 heteroatoms. The third-order valence-corrected chi connectivity index (χ3v) is 3.79. The van der Waals surface area contributed by atoms with Gasteiger partial charge in [-0.05, 0) is 19.1 Å². The number of nitrogens with zero attached hydrogens (tertiary/aromatic N) is 1. The van der Waals surface area contributed by atoms with Gasteiger partial charge in [-0.25, -0.2) is 0 Å². The van der Waals surface area contributed by atoms with Gasteiger partial charge in [-0.2, -0.15) is 0 Å². The first-order chi connectivity index (χ1) is 10.6. The summed E-state index contributed by atoms with van der Waals surface area (Å²) in [7, 11) is 1.58. The standard InChI is InChI=1S/C17H15NO4/c1-12-10-13-11-15(18(19)20)8-9-16(13)22-17(12,21-2)14-6-4-3-5-7-14/h3-11H,1-2H3. The fourth-order valence-corrected chi connectivity index (χ4v) is 2.68. The third-order valence-electron chi connectivity index (χ3n) is 3.79. The third kappa shape index (κ3) is 2.16. The summed E-state index contributed by atoms with van der Waals surface area (Å²) in [6.45, 7) is 1.89. The summed E-state index contributed by atoms with van der Waals surface area (Å²) in [5, 5.41) is 10.9. The average molecular weight is 297 g/mol. The van der Waals surface area contributed by atoms with E-state index in [-0.39, 0.29) is 5.69 Å². The predicted octanol–water partition coefficient (Wildman–Crippen LogP) is 3.89. The van der Waals surface area contributed by atoms with Crippen LogP contribution in [0.15, 0.2) is 54.1 Å². The van der Waals surface area contributed by atoms with Gasteiger partial charge in [0.15, 0.2) is 0 Å². The first-order valence-corrected chi connectivity index (χ1v) is 6.84. The molecule has 1 heterocycles. The molecule has 5 nitrogen and oxygen atoms in total. The van der Waals surface area contributed by atoms with Crippen molar-refractivity contribution in [3.8, 4) is 5.75 Å². The van der Waals surface area contributed by atoms with Gasteiger partial charge in [0.25, 0.3) is 11.5 Å². The Kier molecular flexibility index (Phi) is 3.42. The van der Waals surface area contributed by atoms with E-state index in [2.05, 4.69) is 0 Å². The van der Waals surface area contributed by atoms with Gasteiger partial charge in [0.05, 0.1) is 4.92 Å². The lowest BCUT2D eigenvalue weighted by Gasteiger charge is -2.37. The minimum Gasteiger partial charge on any atom is -0.453 e. The Morgan fingerprint density at radius 2 is 1.91 bits per heavy atom. The number of nitro groups is 1. The normalized spacial score (nSPS) is 19.8. The van der Waals surface area contributed by atoms with E-state index in [9.17, 15) is 10.1 Å². The van der Waals surface area contributed by atoms with E-state index < -0.39 is 10.7 Å². The molecule has 0 spiro atoms. The molecule has 0 amide bonds. The van der Waals surface area contributed by atoms with Crippen molar-refractivity contribution in [2.45, 2.75) is 12.7 Å². The SMILES string of the molecule is COC1(c2ccccc2)Oc2ccc([N+](=O)[O-])cc2C=C1C. The van der Waals surface area contributed by atoms with Gasteiger partial charge < -0.3 is 9.47 Å². The van der Waals surface area contributed by atoms with Crippen LogP contribution in [0.2, 0.25) is 0 Å². The molecule has 0 saturated carbocycles. The summed E-state index contributed by atoms with van der Waals surface area (Å²) in [5.74, 6) is -0.452. The second-order valence-electron chi connectivity index (χ2n) is 5.10. The number of hydrogen-bond donors (Lipinski definition) is 0. The molecule has 2 aromatic rings. The van der Waals surface area contributed by atoms with Crippen LogP contribution in [0.25, 0.3) is 6.08 Å². The highest BCUT2D eigenvalue weighted by Gasteiger charge is 2.40. The maximum atomic E-state index is 10.9. The molecule has 0 N–H and O–H groups in total. The first-order valence-electron chi connectivity index (χ1n) is 6.84. The van der Waals surface area contributed by atoms with Crippen molar-refractivity contribution < 1.29 is 14.4 Å². The zero-order valence-corrected chi connectivity index (χ0v) is 12.3. The molecular weight excluding hydrogens is 282 g/mol. The van der Waals surface area contributed by atoms with Crippen molar-refractivity contribution >= 4 is 11.8 Å². The molecule has 3 rings (SSSR count). The number of benzene rings is 2. The molecule has 0 fully saturated rings. The highest BCUT2D eigenvalue weighted by Crippen LogP contribution is 2.43. The van der Waals surface area contributed by atoms with Crippen LogP contribution in [-0.4, -0.2) is 12.0 Å². The lowest BCUT2D eigenvalue weighted by atomic mass is 9.93. The van der Waals surface area contributed by atoms with Gasteiger partial charge in [-0.15, -0.1) is 0 Å². The number of fused-ring (bicyclic) bond motifs is 1. The molecule has 1 atom stereocenters. The van der Waals surface area contributed by atoms with Gasteiger partial charge in [-0.1, -0.05) is 30.3 Å². The number of methoxy groups -OCH3 is 1. The summed E-state index contributed by atoms with van der Waals surface area (Å²) in [5.41, 5.74) is 2.41. The van der Waals surface area contributed by atoms with E-state index in [0.717, 1.165) is 11.1 Å². The second kappa shape index (κ2) is 5.27. The maximum absolute atomic E-state index is 10.9. The Balaban J connectivity index is 2.12. The predicted molar refractivity (Wildman–Crippen MR) is 82.5 cm³/mol. The number of non-ortho nitro benzene ring substituents is 1. The van der Waals surface area contributed by atoms with Crippen LogP contribution in [0, 0.1) is 10.1 Å². The van der Waals surface area contributed by atoms with Crippen LogP contribution in [0.5, 0.6) is 5.75 Å². The minimum absolute atomic E-state index is 0.0380. The molecular formula is C17H15NO4. The number of rotatable bonds is 3. The molecule has 2 aromatic carbocycles. The molecule has 1 aliphatic heterocycles. The van der Waals surface area contributed by atoms with Crippen molar-refractivity contribution in [3.63, 3.8) is 0 Å². The molecule has 1 unspecified atom stereocenters. The minimum atomic E-state index is -1.01. The maximum Gasteiger partial charge on any atom is 0.270 e. The number of ether oxygens (including phenoxy) is 2. The van der Waals surface area contributed by atoms with E-state index in [1.165, 1.54) is 12.1 Å². The molecule has 22 heavy (non-hydrogen) atoms. The molecule has 112 valence electrons. The Bertz CT molecular complexity index is 755. The van der Waals surface area contributed by atoms with Crippen molar-refractivity contribution in [1.82, 2.24) is 0 Å². The Hall–Kier alpha value is -2.66. The zero-order valence-electron chi connectivity index (χ0n) is 12.3. The highest BCUT2D eigenvalue weighted by molar-refractivity contribution is 5.67. The first kappa shape index (κ1) is 14.3. The second-order valence-corrected chi connectivity index (χ2v) is 5.10. The number of hydrogen-bond acceptors (Lipinski definition) is 4. The van der Waals surface area contributed by atoms with Crippen LogP contribution in [-0.2, 0) is 10.5 Å².